The van der Waals surface area contributed by atoms with Crippen LogP contribution >= 0.6 is 0 Å². The predicted molar refractivity (Wildman–Crippen MR) is 89.1 cm³/mol. The van der Waals surface area contributed by atoms with E-state index in [9.17, 15) is 4.79 Å². The number of aryl methyl sites for hydroxylation is 2. The minimum absolute atomic E-state index is 0.106. The van der Waals surface area contributed by atoms with E-state index in [1.54, 1.807) is 0 Å². The normalized spacial score (nSPS) is 12.4. The second kappa shape index (κ2) is 6.62. The van der Waals surface area contributed by atoms with Gasteiger partial charge in [0, 0.05) is 12.5 Å². The number of imidazole rings is 1. The lowest BCUT2D eigenvalue weighted by Crippen LogP contribution is -2.15. The van der Waals surface area contributed by atoms with Gasteiger partial charge in [0.25, 0.3) is 0 Å². The van der Waals surface area contributed by atoms with E-state index < -0.39 is 12.0 Å². The number of nitrogens with zero attached hydrogens (tertiary/aromatic N) is 1. The lowest BCUT2D eigenvalue weighted by Gasteiger charge is -2.09. The molecule has 0 fully saturated rings. The van der Waals surface area contributed by atoms with Gasteiger partial charge in [-0.05, 0) is 23.6 Å². The van der Waals surface area contributed by atoms with Crippen LogP contribution in [0.15, 0.2) is 48.5 Å². The molecule has 23 heavy (non-hydrogen) atoms. The van der Waals surface area contributed by atoms with Crippen molar-refractivity contribution in [1.29, 1.82) is 0 Å². The molecule has 0 aliphatic carbocycles. The van der Waals surface area contributed by atoms with Crippen LogP contribution in [0.1, 0.15) is 29.4 Å². The van der Waals surface area contributed by atoms with E-state index in [-0.39, 0.29) is 6.42 Å². The van der Waals surface area contributed by atoms with Gasteiger partial charge in [-0.25, -0.2) is 4.98 Å². The maximum Gasteiger partial charge on any atom is 0.305 e. The minimum atomic E-state index is -0.908. The Balaban J connectivity index is 1.82. The first-order valence-corrected chi connectivity index (χ1v) is 7.62. The molecule has 1 atom stereocenters. The summed E-state index contributed by atoms with van der Waals surface area (Å²) in [4.78, 5) is 18.8. The number of para-hydroxylation sites is 1. The van der Waals surface area contributed by atoms with Gasteiger partial charge in [0.2, 0.25) is 0 Å². The van der Waals surface area contributed by atoms with Crippen LogP contribution in [0.5, 0.6) is 0 Å². The summed E-state index contributed by atoms with van der Waals surface area (Å²) in [6.45, 7) is 0. The average Bonchev–Trinajstić information content (AvgIpc) is 2.96. The molecule has 0 spiro atoms. The van der Waals surface area contributed by atoms with Crippen LogP contribution in [-0.4, -0.2) is 21.0 Å². The van der Waals surface area contributed by atoms with Crippen molar-refractivity contribution in [2.45, 2.75) is 25.3 Å². The number of rotatable bonds is 6. The maximum atomic E-state index is 10.9. The highest BCUT2D eigenvalue weighted by molar-refractivity contribution is 5.80. The van der Waals surface area contributed by atoms with Crippen molar-refractivity contribution in [3.05, 3.63) is 65.5 Å². The molecular weight excluding hydrogens is 290 g/mol. The Morgan fingerprint density at radius 2 is 1.91 bits per heavy atom. The summed E-state index contributed by atoms with van der Waals surface area (Å²) in [5.74, 6) is -0.0202. The van der Waals surface area contributed by atoms with Crippen LogP contribution in [0.3, 0.4) is 0 Å². The van der Waals surface area contributed by atoms with Gasteiger partial charge in [-0.15, -0.1) is 0 Å². The van der Waals surface area contributed by atoms with Crippen molar-refractivity contribution in [1.82, 2.24) is 9.97 Å². The molecule has 0 radical (unpaired) electrons. The fourth-order valence-corrected chi connectivity index (χ4v) is 2.73. The van der Waals surface area contributed by atoms with Crippen molar-refractivity contribution in [3.8, 4) is 0 Å². The number of benzene rings is 2. The number of nitrogens with one attached hydrogen (secondary N) is 1. The van der Waals surface area contributed by atoms with Crippen molar-refractivity contribution in [2.24, 2.45) is 5.73 Å². The quantitative estimate of drug-likeness (QED) is 0.653. The van der Waals surface area contributed by atoms with Gasteiger partial charge in [-0.1, -0.05) is 42.5 Å². The Hall–Kier alpha value is -2.66. The molecule has 0 aliphatic heterocycles. The number of carboxylic acids is 1. The third kappa shape index (κ3) is 3.57. The number of nitrogens with two attached hydrogens (primary N) is 1. The number of hydrogen-bond donors (Lipinski definition) is 3. The van der Waals surface area contributed by atoms with Crippen LogP contribution in [0.25, 0.3) is 11.0 Å². The Bertz CT molecular complexity index is 812. The zero-order chi connectivity index (χ0) is 16.2. The number of aromatic nitrogens is 2. The first-order valence-electron chi connectivity index (χ1n) is 7.62. The molecule has 0 saturated heterocycles. The van der Waals surface area contributed by atoms with E-state index in [4.69, 9.17) is 10.8 Å². The molecule has 1 unspecified atom stereocenters. The van der Waals surface area contributed by atoms with Crippen molar-refractivity contribution in [3.63, 3.8) is 0 Å². The SMILES string of the molecule is NC(CC(=O)O)c1cccc2[nH]c(CCc3ccccc3)nc12. The molecule has 3 aromatic rings. The monoisotopic (exact) mass is 309 g/mol. The first-order chi connectivity index (χ1) is 11.1. The zero-order valence-electron chi connectivity index (χ0n) is 12.7. The lowest BCUT2D eigenvalue weighted by molar-refractivity contribution is -0.137. The van der Waals surface area contributed by atoms with Gasteiger partial charge in [0.05, 0.1) is 17.5 Å². The molecule has 0 aliphatic rings. The number of H-pyrrole nitrogens is 1. The summed E-state index contributed by atoms with van der Waals surface area (Å²) < 4.78 is 0. The number of fused-ring (bicyclic) bond motifs is 1. The van der Waals surface area contributed by atoms with Gasteiger partial charge in [0.15, 0.2) is 0 Å². The third-order valence-electron chi connectivity index (χ3n) is 3.88. The minimum Gasteiger partial charge on any atom is -0.481 e. The van der Waals surface area contributed by atoms with E-state index in [0.29, 0.717) is 0 Å². The van der Waals surface area contributed by atoms with Crippen LogP contribution in [0.2, 0.25) is 0 Å². The Kier molecular flexibility index (Phi) is 4.39. The van der Waals surface area contributed by atoms with Crippen molar-refractivity contribution in [2.75, 3.05) is 0 Å². The van der Waals surface area contributed by atoms with Gasteiger partial charge < -0.3 is 15.8 Å². The summed E-state index contributed by atoms with van der Waals surface area (Å²) in [5.41, 5.74) is 9.69. The Morgan fingerprint density at radius 1 is 1.13 bits per heavy atom. The Morgan fingerprint density at radius 3 is 2.65 bits per heavy atom. The Labute approximate surface area is 134 Å². The maximum absolute atomic E-state index is 10.9. The molecule has 0 saturated carbocycles. The van der Waals surface area contributed by atoms with Crippen LogP contribution < -0.4 is 5.73 Å². The fraction of sp³-hybridized carbons (Fsp3) is 0.222. The van der Waals surface area contributed by atoms with E-state index in [1.807, 2.05) is 36.4 Å². The highest BCUT2D eigenvalue weighted by Gasteiger charge is 2.16. The molecule has 5 heteroatoms. The van der Waals surface area contributed by atoms with Crippen molar-refractivity contribution < 1.29 is 9.90 Å². The average molecular weight is 309 g/mol. The highest BCUT2D eigenvalue weighted by atomic mass is 16.4. The van der Waals surface area contributed by atoms with Crippen LogP contribution in [0.4, 0.5) is 0 Å². The lowest BCUT2D eigenvalue weighted by atomic mass is 10.0. The summed E-state index contributed by atoms with van der Waals surface area (Å²) in [6.07, 6.45) is 1.59. The smallest absolute Gasteiger partial charge is 0.305 e. The molecule has 5 nitrogen and oxygen atoms in total. The third-order valence-corrected chi connectivity index (χ3v) is 3.88. The summed E-state index contributed by atoms with van der Waals surface area (Å²) in [6, 6.07) is 15.3. The topological polar surface area (TPSA) is 92.0 Å². The number of carboxylic acid groups (broad SMARTS) is 1. The number of aliphatic carboxylic acids is 1. The van der Waals surface area contributed by atoms with Crippen LogP contribution in [-0.2, 0) is 17.6 Å². The molecular formula is C18H19N3O2. The fourth-order valence-electron chi connectivity index (χ4n) is 2.73. The number of aromatic amines is 1. The molecule has 1 aromatic heterocycles. The van der Waals surface area contributed by atoms with Crippen molar-refractivity contribution >= 4 is 17.0 Å². The molecule has 3 rings (SSSR count). The van der Waals surface area contributed by atoms with E-state index >= 15 is 0 Å². The highest BCUT2D eigenvalue weighted by Crippen LogP contribution is 2.23. The van der Waals surface area contributed by atoms with E-state index in [2.05, 4.69) is 22.1 Å². The first kappa shape index (κ1) is 15.2. The van der Waals surface area contributed by atoms with Gasteiger partial charge in [-0.2, -0.15) is 0 Å². The molecule has 118 valence electrons. The van der Waals surface area contributed by atoms with Gasteiger partial charge in [-0.3, -0.25) is 4.79 Å². The summed E-state index contributed by atoms with van der Waals surface area (Å²) >= 11 is 0. The molecule has 4 N–H and O–H groups in total. The summed E-state index contributed by atoms with van der Waals surface area (Å²) in [5, 5.41) is 8.92. The largest absolute Gasteiger partial charge is 0.481 e. The standard InChI is InChI=1S/C18H19N3O2/c19-14(11-17(22)23)13-7-4-8-15-18(13)21-16(20-15)10-9-12-5-2-1-3-6-12/h1-8,14H,9-11,19H2,(H,20,21)(H,22,23). The van der Waals surface area contributed by atoms with E-state index in [0.717, 1.165) is 35.3 Å². The number of carbonyl (C=O) groups is 1. The summed E-state index contributed by atoms with van der Waals surface area (Å²) in [7, 11) is 0. The second-order valence-corrected chi connectivity index (χ2v) is 5.62. The second-order valence-electron chi connectivity index (χ2n) is 5.62. The zero-order valence-corrected chi connectivity index (χ0v) is 12.7. The number of hydrogen-bond acceptors (Lipinski definition) is 3. The molecule has 1 heterocycles. The van der Waals surface area contributed by atoms with Gasteiger partial charge in [0.1, 0.15) is 5.82 Å². The van der Waals surface area contributed by atoms with E-state index in [1.165, 1.54) is 5.56 Å². The molecule has 0 bridgehead atoms. The molecule has 0 amide bonds. The molecule has 2 aromatic carbocycles. The van der Waals surface area contributed by atoms with Gasteiger partial charge >= 0.3 is 5.97 Å². The van der Waals surface area contributed by atoms with Crippen LogP contribution in [0, 0.1) is 0 Å². The predicted octanol–water partition coefficient (Wildman–Crippen LogP) is 2.82.